The SMILES string of the molecule is CC(C)[C@H](N)C(=O)N1CCC(O)(C(F)(F)F)C1.Cl. The zero-order valence-corrected chi connectivity index (χ0v) is 11.0. The number of nitrogens with two attached hydrogens (primary N) is 1. The Morgan fingerprint density at radius 2 is 1.94 bits per heavy atom. The van der Waals surface area contributed by atoms with Crippen molar-refractivity contribution in [2.75, 3.05) is 13.1 Å². The van der Waals surface area contributed by atoms with Crippen molar-refractivity contribution in [3.8, 4) is 0 Å². The maximum atomic E-state index is 12.5. The van der Waals surface area contributed by atoms with Crippen LogP contribution in [0.2, 0.25) is 0 Å². The standard InChI is InChI=1S/C10H17F3N2O2.ClH/c1-6(2)7(14)8(16)15-4-3-9(17,5-15)10(11,12)13;/h6-7,17H,3-5,14H2,1-2H3;1H/t7-,9?;/m0./s1. The van der Waals surface area contributed by atoms with Gasteiger partial charge in [0.2, 0.25) is 5.91 Å². The largest absolute Gasteiger partial charge is 0.419 e. The minimum atomic E-state index is -4.72. The zero-order chi connectivity index (χ0) is 13.4. The number of aliphatic hydroxyl groups is 1. The molecule has 4 nitrogen and oxygen atoms in total. The van der Waals surface area contributed by atoms with Crippen LogP contribution in [0.5, 0.6) is 0 Å². The van der Waals surface area contributed by atoms with Crippen LogP contribution in [-0.4, -0.2) is 46.8 Å². The van der Waals surface area contributed by atoms with Gasteiger partial charge in [-0.1, -0.05) is 13.8 Å². The van der Waals surface area contributed by atoms with Crippen LogP contribution >= 0.6 is 12.4 Å². The molecule has 3 N–H and O–H groups in total. The van der Waals surface area contributed by atoms with Crippen LogP contribution < -0.4 is 5.73 Å². The number of alkyl halides is 3. The van der Waals surface area contributed by atoms with Crippen molar-refractivity contribution in [3.05, 3.63) is 0 Å². The van der Waals surface area contributed by atoms with E-state index >= 15 is 0 Å². The fraction of sp³-hybridized carbons (Fsp3) is 0.900. The smallest absolute Gasteiger partial charge is 0.379 e. The second-order valence-corrected chi connectivity index (χ2v) is 4.81. The first-order valence-corrected chi connectivity index (χ1v) is 5.42. The second kappa shape index (κ2) is 5.63. The van der Waals surface area contributed by atoms with Gasteiger partial charge in [-0.05, 0) is 5.92 Å². The van der Waals surface area contributed by atoms with Crippen molar-refractivity contribution in [2.24, 2.45) is 11.7 Å². The van der Waals surface area contributed by atoms with Crippen molar-refractivity contribution in [1.29, 1.82) is 0 Å². The highest BCUT2D eigenvalue weighted by Gasteiger charge is 2.58. The summed E-state index contributed by atoms with van der Waals surface area (Å²) < 4.78 is 37.6. The molecule has 18 heavy (non-hydrogen) atoms. The maximum absolute atomic E-state index is 12.5. The van der Waals surface area contributed by atoms with E-state index in [2.05, 4.69) is 0 Å². The van der Waals surface area contributed by atoms with E-state index in [-0.39, 0.29) is 24.9 Å². The summed E-state index contributed by atoms with van der Waals surface area (Å²) in [5.74, 6) is -0.692. The monoisotopic (exact) mass is 290 g/mol. The van der Waals surface area contributed by atoms with Gasteiger partial charge in [-0.3, -0.25) is 4.79 Å². The van der Waals surface area contributed by atoms with Crippen LogP contribution in [0.15, 0.2) is 0 Å². The Hall–Kier alpha value is -0.530. The molecule has 0 aromatic heterocycles. The topological polar surface area (TPSA) is 66.6 Å². The van der Waals surface area contributed by atoms with Gasteiger partial charge in [-0.25, -0.2) is 0 Å². The molecule has 0 aromatic rings. The average Bonchev–Trinajstić information content (AvgIpc) is 2.59. The lowest BCUT2D eigenvalue weighted by Crippen LogP contribution is -2.51. The minimum absolute atomic E-state index is 0. The van der Waals surface area contributed by atoms with Gasteiger partial charge in [0.1, 0.15) is 0 Å². The van der Waals surface area contributed by atoms with E-state index in [1.54, 1.807) is 13.8 Å². The molecule has 8 heteroatoms. The molecular weight excluding hydrogens is 273 g/mol. The molecule has 2 atom stereocenters. The lowest BCUT2D eigenvalue weighted by molar-refractivity contribution is -0.253. The number of nitrogens with zero attached hydrogens (tertiary/aromatic N) is 1. The third-order valence-corrected chi connectivity index (χ3v) is 3.09. The van der Waals surface area contributed by atoms with E-state index in [1.807, 2.05) is 0 Å². The number of carbonyl (C=O) groups excluding carboxylic acids is 1. The van der Waals surface area contributed by atoms with E-state index in [4.69, 9.17) is 5.73 Å². The summed E-state index contributed by atoms with van der Waals surface area (Å²) in [6, 6.07) is -0.828. The second-order valence-electron chi connectivity index (χ2n) is 4.81. The van der Waals surface area contributed by atoms with E-state index in [0.29, 0.717) is 0 Å². The molecule has 1 amide bonds. The Kier molecular flexibility index (Phi) is 5.46. The van der Waals surface area contributed by atoms with Crippen molar-refractivity contribution < 1.29 is 23.1 Å². The van der Waals surface area contributed by atoms with Gasteiger partial charge < -0.3 is 15.7 Å². The van der Waals surface area contributed by atoms with Crippen molar-refractivity contribution in [1.82, 2.24) is 4.90 Å². The summed E-state index contributed by atoms with van der Waals surface area (Å²) in [6.07, 6.45) is -5.21. The third kappa shape index (κ3) is 3.27. The first-order chi connectivity index (χ1) is 7.58. The van der Waals surface area contributed by atoms with Crippen LogP contribution in [0.25, 0.3) is 0 Å². The average molecular weight is 291 g/mol. The molecule has 1 saturated heterocycles. The molecule has 0 saturated carbocycles. The predicted molar refractivity (Wildman–Crippen MR) is 62.3 cm³/mol. The molecule has 1 heterocycles. The molecule has 0 spiro atoms. The molecule has 0 radical (unpaired) electrons. The van der Waals surface area contributed by atoms with Crippen LogP contribution in [0, 0.1) is 5.92 Å². The summed E-state index contributed by atoms with van der Waals surface area (Å²) in [5.41, 5.74) is 2.79. The number of hydrogen-bond acceptors (Lipinski definition) is 3. The number of rotatable bonds is 2. The minimum Gasteiger partial charge on any atom is -0.379 e. The number of β-amino-alcohol motifs (C(OH)–C–C–N with tert-alkyl or cyclic N) is 1. The summed E-state index contributed by atoms with van der Waals surface area (Å²) in [4.78, 5) is 12.7. The Balaban J connectivity index is 0.00000289. The number of hydrogen-bond donors (Lipinski definition) is 2. The summed E-state index contributed by atoms with van der Waals surface area (Å²) >= 11 is 0. The van der Waals surface area contributed by atoms with E-state index in [9.17, 15) is 23.1 Å². The normalized spacial score (nSPS) is 26.1. The molecule has 108 valence electrons. The van der Waals surface area contributed by atoms with Gasteiger partial charge >= 0.3 is 6.18 Å². The van der Waals surface area contributed by atoms with Crippen molar-refractivity contribution in [2.45, 2.75) is 38.1 Å². The molecule has 1 fully saturated rings. The first-order valence-electron chi connectivity index (χ1n) is 5.42. The fourth-order valence-corrected chi connectivity index (χ4v) is 1.71. The van der Waals surface area contributed by atoms with E-state index in [1.165, 1.54) is 0 Å². The van der Waals surface area contributed by atoms with Gasteiger partial charge in [-0.2, -0.15) is 13.2 Å². The Labute approximate surface area is 110 Å². The van der Waals surface area contributed by atoms with Crippen LogP contribution in [0.3, 0.4) is 0 Å². The first kappa shape index (κ1) is 17.5. The quantitative estimate of drug-likeness (QED) is 0.795. The highest BCUT2D eigenvalue weighted by atomic mass is 35.5. The van der Waals surface area contributed by atoms with Gasteiger partial charge in [0, 0.05) is 13.0 Å². The Morgan fingerprint density at radius 3 is 2.28 bits per heavy atom. The van der Waals surface area contributed by atoms with E-state index in [0.717, 1.165) is 4.90 Å². The lowest BCUT2D eigenvalue weighted by Gasteiger charge is -2.27. The molecule has 0 aliphatic carbocycles. The Bertz CT molecular complexity index is 312. The highest BCUT2D eigenvalue weighted by Crippen LogP contribution is 2.37. The van der Waals surface area contributed by atoms with Crippen molar-refractivity contribution >= 4 is 18.3 Å². The van der Waals surface area contributed by atoms with Crippen LogP contribution in [0.4, 0.5) is 13.2 Å². The molecular formula is C10H18ClF3N2O2. The summed E-state index contributed by atoms with van der Waals surface area (Å²) in [7, 11) is 0. The van der Waals surface area contributed by atoms with Crippen molar-refractivity contribution in [3.63, 3.8) is 0 Å². The number of halogens is 4. The van der Waals surface area contributed by atoms with Crippen LogP contribution in [-0.2, 0) is 4.79 Å². The molecule has 1 unspecified atom stereocenters. The number of amides is 1. The molecule has 0 aromatic carbocycles. The van der Waals surface area contributed by atoms with Gasteiger partial charge in [0.25, 0.3) is 0 Å². The molecule has 0 bridgehead atoms. The van der Waals surface area contributed by atoms with Gasteiger partial charge in [-0.15, -0.1) is 12.4 Å². The fourth-order valence-electron chi connectivity index (χ4n) is 1.71. The predicted octanol–water partition coefficient (Wildman–Crippen LogP) is 0.917. The summed E-state index contributed by atoms with van der Waals surface area (Å²) in [5, 5.41) is 9.41. The maximum Gasteiger partial charge on any atom is 0.419 e. The number of carbonyl (C=O) groups is 1. The van der Waals surface area contributed by atoms with Gasteiger partial charge in [0.15, 0.2) is 5.60 Å². The molecule has 1 aliphatic heterocycles. The molecule has 1 rings (SSSR count). The lowest BCUT2D eigenvalue weighted by atomic mass is 10.0. The highest BCUT2D eigenvalue weighted by molar-refractivity contribution is 5.85. The molecule has 1 aliphatic rings. The summed E-state index contributed by atoms with van der Waals surface area (Å²) in [6.45, 7) is 2.59. The zero-order valence-electron chi connectivity index (χ0n) is 10.2. The van der Waals surface area contributed by atoms with Crippen LogP contribution in [0.1, 0.15) is 20.3 Å². The number of likely N-dealkylation sites (tertiary alicyclic amines) is 1. The van der Waals surface area contributed by atoms with Gasteiger partial charge in [0.05, 0.1) is 12.6 Å². The Morgan fingerprint density at radius 1 is 1.44 bits per heavy atom. The van der Waals surface area contributed by atoms with E-state index < -0.39 is 36.7 Å². The third-order valence-electron chi connectivity index (χ3n) is 3.09.